The van der Waals surface area contributed by atoms with Gasteiger partial charge in [0.1, 0.15) is 17.3 Å². The van der Waals surface area contributed by atoms with Gasteiger partial charge in [0.2, 0.25) is 0 Å². The second-order valence-corrected chi connectivity index (χ2v) is 8.12. The van der Waals surface area contributed by atoms with Gasteiger partial charge in [-0.3, -0.25) is 4.98 Å². The molecule has 0 aliphatic rings. The molecule has 0 saturated heterocycles. The van der Waals surface area contributed by atoms with Gasteiger partial charge in [-0.25, -0.2) is 15.0 Å². The van der Waals surface area contributed by atoms with Gasteiger partial charge in [0.25, 0.3) is 0 Å². The summed E-state index contributed by atoms with van der Waals surface area (Å²) < 4.78 is 47.1. The van der Waals surface area contributed by atoms with Crippen LogP contribution in [0.1, 0.15) is 0 Å². The number of alkyl halides is 3. The number of nitrogens with one attached hydrogen (secondary N) is 1. The molecular weight excluding hydrogens is 479 g/mol. The number of methoxy groups -OCH3 is 1. The Balaban J connectivity index is 1.51. The lowest BCUT2D eigenvalue weighted by molar-refractivity contribution is -0.274. The van der Waals surface area contributed by atoms with Crippen molar-refractivity contribution < 1.29 is 22.6 Å². The molecule has 5 rings (SSSR count). The van der Waals surface area contributed by atoms with E-state index in [4.69, 9.17) is 4.74 Å². The van der Waals surface area contributed by atoms with E-state index in [-0.39, 0.29) is 5.75 Å². The van der Waals surface area contributed by atoms with Gasteiger partial charge in [0.05, 0.1) is 18.3 Å². The van der Waals surface area contributed by atoms with E-state index >= 15 is 0 Å². The third-order valence-corrected chi connectivity index (χ3v) is 5.67. The number of anilines is 2. The molecule has 0 atom stereocenters. The number of aromatic nitrogens is 4. The SMILES string of the molecule is COc1ccc2nc(-c3cccnc3)nc(Nc3nc(-c4cccc(OC(F)(F)F)c4)cs3)c2c1. The summed E-state index contributed by atoms with van der Waals surface area (Å²) in [4.78, 5) is 18.0. The molecule has 1 N–H and O–H groups in total. The van der Waals surface area contributed by atoms with Gasteiger partial charge in [-0.1, -0.05) is 12.1 Å². The smallest absolute Gasteiger partial charge is 0.497 e. The van der Waals surface area contributed by atoms with E-state index in [1.165, 1.54) is 29.5 Å². The number of pyridine rings is 1. The first-order chi connectivity index (χ1) is 16.9. The van der Waals surface area contributed by atoms with Crippen LogP contribution >= 0.6 is 11.3 Å². The second kappa shape index (κ2) is 9.18. The summed E-state index contributed by atoms with van der Waals surface area (Å²) in [6, 6.07) is 14.8. The first-order valence-corrected chi connectivity index (χ1v) is 11.1. The summed E-state index contributed by atoms with van der Waals surface area (Å²) >= 11 is 1.29. The van der Waals surface area contributed by atoms with Crippen LogP contribution in [-0.2, 0) is 0 Å². The normalized spacial score (nSPS) is 11.4. The molecule has 5 aromatic rings. The van der Waals surface area contributed by atoms with Crippen molar-refractivity contribution in [2.75, 3.05) is 12.4 Å². The van der Waals surface area contributed by atoms with Crippen LogP contribution in [-0.4, -0.2) is 33.4 Å². The maximum absolute atomic E-state index is 12.6. The highest BCUT2D eigenvalue weighted by atomic mass is 32.1. The van der Waals surface area contributed by atoms with Gasteiger partial charge < -0.3 is 14.8 Å². The lowest BCUT2D eigenvalue weighted by Crippen LogP contribution is -2.17. The van der Waals surface area contributed by atoms with Crippen molar-refractivity contribution >= 4 is 33.2 Å². The summed E-state index contributed by atoms with van der Waals surface area (Å²) in [6.45, 7) is 0. The van der Waals surface area contributed by atoms with Gasteiger partial charge in [-0.15, -0.1) is 24.5 Å². The van der Waals surface area contributed by atoms with Crippen molar-refractivity contribution in [1.29, 1.82) is 0 Å². The molecule has 0 radical (unpaired) electrons. The van der Waals surface area contributed by atoms with E-state index in [2.05, 4.69) is 30.0 Å². The lowest BCUT2D eigenvalue weighted by atomic mass is 10.2. The first kappa shape index (κ1) is 22.5. The van der Waals surface area contributed by atoms with Gasteiger partial charge in [0.15, 0.2) is 11.0 Å². The molecule has 35 heavy (non-hydrogen) atoms. The quantitative estimate of drug-likeness (QED) is 0.289. The number of nitrogens with zero attached hydrogens (tertiary/aromatic N) is 4. The zero-order valence-corrected chi connectivity index (χ0v) is 18.9. The molecule has 0 aliphatic carbocycles. The molecule has 3 aromatic heterocycles. The lowest BCUT2D eigenvalue weighted by Gasteiger charge is -2.10. The van der Waals surface area contributed by atoms with Crippen LogP contribution < -0.4 is 14.8 Å². The maximum Gasteiger partial charge on any atom is 0.573 e. The topological polar surface area (TPSA) is 82.1 Å². The Hall–Kier alpha value is -4.25. The van der Waals surface area contributed by atoms with E-state index in [1.807, 2.05) is 24.3 Å². The molecule has 0 fully saturated rings. The summed E-state index contributed by atoms with van der Waals surface area (Å²) in [7, 11) is 1.57. The number of thiazole rings is 1. The summed E-state index contributed by atoms with van der Waals surface area (Å²) in [6.07, 6.45) is -1.43. The second-order valence-electron chi connectivity index (χ2n) is 7.26. The molecule has 0 aliphatic heterocycles. The molecule has 176 valence electrons. The number of fused-ring (bicyclic) bond motifs is 1. The zero-order valence-electron chi connectivity index (χ0n) is 18.1. The minimum Gasteiger partial charge on any atom is -0.497 e. The molecule has 0 saturated carbocycles. The fourth-order valence-electron chi connectivity index (χ4n) is 3.37. The molecule has 0 unspecified atom stereocenters. The number of halogens is 3. The monoisotopic (exact) mass is 495 g/mol. The Bertz CT molecular complexity index is 1490. The van der Waals surface area contributed by atoms with E-state index in [0.717, 1.165) is 5.56 Å². The molecule has 0 spiro atoms. The summed E-state index contributed by atoms with van der Waals surface area (Å²) in [5.74, 6) is 1.31. The fraction of sp³-hybridized carbons (Fsp3) is 0.0833. The average molecular weight is 495 g/mol. The van der Waals surface area contributed by atoms with Crippen molar-refractivity contribution in [3.8, 4) is 34.1 Å². The predicted octanol–water partition coefficient (Wildman–Crippen LogP) is 6.47. The molecule has 0 bridgehead atoms. The zero-order chi connectivity index (χ0) is 24.4. The summed E-state index contributed by atoms with van der Waals surface area (Å²) in [5, 5.41) is 6.18. The van der Waals surface area contributed by atoms with Crippen LogP contribution in [0.15, 0.2) is 72.4 Å². The van der Waals surface area contributed by atoms with Gasteiger partial charge in [-0.2, -0.15) is 0 Å². The Morgan fingerprint density at radius 2 is 1.77 bits per heavy atom. The Kier molecular flexibility index (Phi) is 5.91. The van der Waals surface area contributed by atoms with E-state index in [1.54, 1.807) is 37.0 Å². The van der Waals surface area contributed by atoms with Crippen molar-refractivity contribution in [3.63, 3.8) is 0 Å². The minimum atomic E-state index is -4.77. The van der Waals surface area contributed by atoms with Gasteiger partial charge in [0, 0.05) is 34.3 Å². The molecule has 2 aromatic carbocycles. The molecule has 0 amide bonds. The number of hydrogen-bond acceptors (Lipinski definition) is 8. The predicted molar refractivity (Wildman–Crippen MR) is 127 cm³/mol. The molecule has 11 heteroatoms. The highest BCUT2D eigenvalue weighted by Gasteiger charge is 2.31. The average Bonchev–Trinajstić information content (AvgIpc) is 3.32. The minimum absolute atomic E-state index is 0.312. The van der Waals surface area contributed by atoms with Crippen molar-refractivity contribution in [2.45, 2.75) is 6.36 Å². The third-order valence-electron chi connectivity index (χ3n) is 4.92. The van der Waals surface area contributed by atoms with Crippen molar-refractivity contribution in [2.24, 2.45) is 0 Å². The van der Waals surface area contributed by atoms with Crippen LogP contribution in [0, 0.1) is 0 Å². The standard InChI is InChI=1S/C24H16F3N5O2S/c1-33-16-7-8-19-18(11-16)22(31-21(29-19)15-5-3-9-28-12-15)32-23-30-20(13-35-23)14-4-2-6-17(10-14)34-24(25,26)27/h2-13H,1H3,(H,29,30,31,32). The van der Waals surface area contributed by atoms with Crippen LogP contribution in [0.25, 0.3) is 33.5 Å². The van der Waals surface area contributed by atoms with Crippen LogP contribution in [0.4, 0.5) is 24.1 Å². The van der Waals surface area contributed by atoms with Crippen LogP contribution in [0.2, 0.25) is 0 Å². The largest absolute Gasteiger partial charge is 0.573 e. The summed E-state index contributed by atoms with van der Waals surface area (Å²) in [5.41, 5.74) is 2.42. The van der Waals surface area contributed by atoms with E-state index in [0.29, 0.717) is 44.7 Å². The van der Waals surface area contributed by atoms with Gasteiger partial charge in [-0.05, 0) is 42.5 Å². The van der Waals surface area contributed by atoms with Crippen LogP contribution in [0.3, 0.4) is 0 Å². The molecule has 3 heterocycles. The van der Waals surface area contributed by atoms with Crippen LogP contribution in [0.5, 0.6) is 11.5 Å². The fourth-order valence-corrected chi connectivity index (χ4v) is 4.09. The number of rotatable bonds is 6. The third kappa shape index (κ3) is 5.14. The Morgan fingerprint density at radius 1 is 0.914 bits per heavy atom. The number of benzene rings is 2. The number of ether oxygens (including phenoxy) is 2. The molecule has 7 nitrogen and oxygen atoms in total. The molecular formula is C24H16F3N5O2S. The highest BCUT2D eigenvalue weighted by Crippen LogP contribution is 2.33. The Labute approximate surface area is 201 Å². The van der Waals surface area contributed by atoms with Gasteiger partial charge >= 0.3 is 6.36 Å². The number of hydrogen-bond donors (Lipinski definition) is 1. The van der Waals surface area contributed by atoms with Crippen molar-refractivity contribution in [1.82, 2.24) is 19.9 Å². The van der Waals surface area contributed by atoms with E-state index < -0.39 is 6.36 Å². The Morgan fingerprint density at radius 3 is 2.54 bits per heavy atom. The van der Waals surface area contributed by atoms with Crippen molar-refractivity contribution in [3.05, 3.63) is 72.4 Å². The highest BCUT2D eigenvalue weighted by molar-refractivity contribution is 7.14. The maximum atomic E-state index is 12.6. The first-order valence-electron chi connectivity index (χ1n) is 10.2. The van der Waals surface area contributed by atoms with E-state index in [9.17, 15) is 13.2 Å².